The van der Waals surface area contributed by atoms with Gasteiger partial charge >= 0.3 is 0 Å². The van der Waals surface area contributed by atoms with Crippen molar-refractivity contribution in [3.8, 4) is 0 Å². The molecule has 0 aliphatic carbocycles. The average Bonchev–Trinajstić information content (AvgIpc) is 2.78. The molecule has 0 unspecified atom stereocenters. The third-order valence-corrected chi connectivity index (χ3v) is 3.71. The van der Waals surface area contributed by atoms with E-state index in [0.29, 0.717) is 5.76 Å². The van der Waals surface area contributed by atoms with Crippen LogP contribution in [0.15, 0.2) is 28.8 Å². The molecule has 0 saturated carbocycles. The predicted octanol–water partition coefficient (Wildman–Crippen LogP) is 3.11. The van der Waals surface area contributed by atoms with Crippen molar-refractivity contribution in [2.24, 2.45) is 0 Å². The molecule has 5 heteroatoms. The van der Waals surface area contributed by atoms with Gasteiger partial charge in [0.25, 0.3) is 0 Å². The first kappa shape index (κ1) is 16.2. The summed E-state index contributed by atoms with van der Waals surface area (Å²) in [7, 11) is 0. The Morgan fingerprint density at radius 2 is 2.00 bits per heavy atom. The molecular formula is C17H21FN2O2. The van der Waals surface area contributed by atoms with Gasteiger partial charge < -0.3 is 9.84 Å². The van der Waals surface area contributed by atoms with E-state index in [1.165, 1.54) is 12.1 Å². The summed E-state index contributed by atoms with van der Waals surface area (Å²) < 4.78 is 17.9. The topological polar surface area (TPSA) is 55.1 Å². The van der Waals surface area contributed by atoms with Crippen molar-refractivity contribution >= 4 is 5.91 Å². The number of hydrogen-bond acceptors (Lipinski definition) is 3. The zero-order chi connectivity index (χ0) is 16.1. The van der Waals surface area contributed by atoms with Crippen molar-refractivity contribution in [2.45, 2.75) is 46.1 Å². The maximum absolute atomic E-state index is 12.8. The molecule has 0 aliphatic heterocycles. The lowest BCUT2D eigenvalue weighted by molar-refractivity contribution is -0.121. The summed E-state index contributed by atoms with van der Waals surface area (Å²) in [5.41, 5.74) is 2.67. The molecule has 0 spiro atoms. The molecule has 2 rings (SSSR count). The maximum atomic E-state index is 12.8. The second-order valence-electron chi connectivity index (χ2n) is 5.61. The normalized spacial score (nSPS) is 12.2. The number of hydrogen-bond donors (Lipinski definition) is 1. The largest absolute Gasteiger partial charge is 0.361 e. The van der Waals surface area contributed by atoms with Gasteiger partial charge in [0.1, 0.15) is 11.6 Å². The van der Waals surface area contributed by atoms with Crippen LogP contribution in [0.3, 0.4) is 0 Å². The lowest BCUT2D eigenvalue weighted by atomic mass is 10.1. The minimum Gasteiger partial charge on any atom is -0.361 e. The Hall–Kier alpha value is -2.17. The summed E-state index contributed by atoms with van der Waals surface area (Å²) in [6, 6.07) is 6.51. The number of rotatable bonds is 6. The Kier molecular flexibility index (Phi) is 5.31. The molecule has 1 heterocycles. The van der Waals surface area contributed by atoms with Crippen LogP contribution in [0.2, 0.25) is 0 Å². The summed E-state index contributed by atoms with van der Waals surface area (Å²) in [4.78, 5) is 12.1. The number of carbonyl (C=O) groups excluding carboxylic acids is 1. The van der Waals surface area contributed by atoms with Crippen LogP contribution >= 0.6 is 0 Å². The number of aryl methyl sites for hydroxylation is 3. The molecule has 0 fully saturated rings. The fourth-order valence-electron chi connectivity index (χ4n) is 2.35. The van der Waals surface area contributed by atoms with Crippen LogP contribution in [0, 0.1) is 19.7 Å². The monoisotopic (exact) mass is 304 g/mol. The number of aromatic nitrogens is 1. The van der Waals surface area contributed by atoms with Crippen LogP contribution in [0.1, 0.15) is 35.9 Å². The highest BCUT2D eigenvalue weighted by atomic mass is 19.1. The van der Waals surface area contributed by atoms with Crippen molar-refractivity contribution in [1.82, 2.24) is 10.5 Å². The van der Waals surface area contributed by atoms with E-state index in [0.717, 1.165) is 29.7 Å². The molecule has 0 bridgehead atoms. The fraction of sp³-hybridized carbons (Fsp3) is 0.412. The number of amides is 1. The molecule has 22 heavy (non-hydrogen) atoms. The lowest BCUT2D eigenvalue weighted by Crippen LogP contribution is -2.34. The maximum Gasteiger partial charge on any atom is 0.224 e. The van der Waals surface area contributed by atoms with Crippen LogP contribution in [0.4, 0.5) is 4.39 Å². The van der Waals surface area contributed by atoms with Crippen molar-refractivity contribution < 1.29 is 13.7 Å². The number of carbonyl (C=O) groups is 1. The Morgan fingerprint density at radius 3 is 2.59 bits per heavy atom. The molecule has 1 N–H and O–H groups in total. The molecule has 1 amide bonds. The molecular weight excluding hydrogens is 283 g/mol. The highest BCUT2D eigenvalue weighted by Gasteiger charge is 2.14. The fourth-order valence-corrected chi connectivity index (χ4v) is 2.35. The number of nitrogens with one attached hydrogen (secondary N) is 1. The minimum atomic E-state index is -0.232. The van der Waals surface area contributed by atoms with E-state index in [1.807, 2.05) is 13.8 Å². The molecule has 0 aliphatic rings. The van der Waals surface area contributed by atoms with Gasteiger partial charge in [-0.2, -0.15) is 0 Å². The predicted molar refractivity (Wildman–Crippen MR) is 82.0 cm³/mol. The van der Waals surface area contributed by atoms with E-state index in [4.69, 9.17) is 4.52 Å². The Morgan fingerprint density at radius 1 is 1.32 bits per heavy atom. The minimum absolute atomic E-state index is 0.0407. The lowest BCUT2D eigenvalue weighted by Gasteiger charge is -2.14. The Bertz CT molecular complexity index is 615. The van der Waals surface area contributed by atoms with Gasteiger partial charge in [0.05, 0.1) is 12.1 Å². The van der Waals surface area contributed by atoms with Crippen LogP contribution in [0.5, 0.6) is 0 Å². The second kappa shape index (κ2) is 7.20. The molecule has 1 atom stereocenters. The van der Waals surface area contributed by atoms with E-state index in [1.54, 1.807) is 19.1 Å². The summed E-state index contributed by atoms with van der Waals surface area (Å²) in [5.74, 6) is 0.414. The smallest absolute Gasteiger partial charge is 0.224 e. The molecule has 118 valence electrons. The van der Waals surface area contributed by atoms with Gasteiger partial charge in [-0.3, -0.25) is 4.79 Å². The van der Waals surface area contributed by atoms with Gasteiger partial charge in [-0.1, -0.05) is 17.3 Å². The first-order valence-corrected chi connectivity index (χ1v) is 7.41. The van der Waals surface area contributed by atoms with E-state index in [2.05, 4.69) is 10.5 Å². The summed E-state index contributed by atoms with van der Waals surface area (Å²) in [5, 5.41) is 6.82. The number of benzene rings is 1. The Labute approximate surface area is 129 Å². The third-order valence-electron chi connectivity index (χ3n) is 3.71. The van der Waals surface area contributed by atoms with Gasteiger partial charge in [-0.05, 0) is 51.3 Å². The zero-order valence-electron chi connectivity index (χ0n) is 13.1. The average molecular weight is 304 g/mol. The van der Waals surface area contributed by atoms with Crippen LogP contribution < -0.4 is 5.32 Å². The van der Waals surface area contributed by atoms with Gasteiger partial charge in [0, 0.05) is 11.6 Å². The molecule has 0 saturated heterocycles. The highest BCUT2D eigenvalue weighted by Crippen LogP contribution is 2.13. The van der Waals surface area contributed by atoms with Gasteiger partial charge in [-0.15, -0.1) is 0 Å². The summed E-state index contributed by atoms with van der Waals surface area (Å²) >= 11 is 0. The standard InChI is InChI=1S/C17H21FN2O2/c1-11(4-5-14-6-8-15(18)9-7-14)19-17(21)10-16-12(2)20-22-13(16)3/h6-9,11H,4-5,10H2,1-3H3,(H,19,21)/t11-/m1/s1. The van der Waals surface area contributed by atoms with E-state index < -0.39 is 0 Å². The molecule has 2 aromatic rings. The van der Waals surface area contributed by atoms with Crippen molar-refractivity contribution in [2.75, 3.05) is 0 Å². The zero-order valence-corrected chi connectivity index (χ0v) is 13.1. The second-order valence-corrected chi connectivity index (χ2v) is 5.61. The Balaban J connectivity index is 1.80. The van der Waals surface area contributed by atoms with Crippen molar-refractivity contribution in [3.63, 3.8) is 0 Å². The molecule has 1 aromatic carbocycles. The third kappa shape index (κ3) is 4.41. The quantitative estimate of drug-likeness (QED) is 0.892. The van der Waals surface area contributed by atoms with Gasteiger partial charge in [-0.25, -0.2) is 4.39 Å². The van der Waals surface area contributed by atoms with Crippen molar-refractivity contribution in [3.05, 3.63) is 52.7 Å². The van der Waals surface area contributed by atoms with Gasteiger partial charge in [0.15, 0.2) is 0 Å². The number of nitrogens with zero attached hydrogens (tertiary/aromatic N) is 1. The number of halogens is 1. The van der Waals surface area contributed by atoms with E-state index in [9.17, 15) is 9.18 Å². The summed E-state index contributed by atoms with van der Waals surface area (Å²) in [6.45, 7) is 5.60. The van der Waals surface area contributed by atoms with Crippen LogP contribution in [0.25, 0.3) is 0 Å². The first-order valence-electron chi connectivity index (χ1n) is 7.41. The summed E-state index contributed by atoms with van der Waals surface area (Å²) in [6.07, 6.45) is 1.88. The molecule has 4 nitrogen and oxygen atoms in total. The van der Waals surface area contributed by atoms with Crippen molar-refractivity contribution in [1.29, 1.82) is 0 Å². The SMILES string of the molecule is Cc1noc(C)c1CC(=O)N[C@H](C)CCc1ccc(F)cc1. The molecule has 1 aromatic heterocycles. The van der Waals surface area contributed by atoms with E-state index in [-0.39, 0.29) is 24.2 Å². The van der Waals surface area contributed by atoms with Crippen LogP contribution in [-0.4, -0.2) is 17.1 Å². The molecule has 0 radical (unpaired) electrons. The van der Waals surface area contributed by atoms with Crippen LogP contribution in [-0.2, 0) is 17.6 Å². The van der Waals surface area contributed by atoms with E-state index >= 15 is 0 Å². The first-order chi connectivity index (χ1) is 10.5. The van der Waals surface area contributed by atoms with Gasteiger partial charge in [0.2, 0.25) is 5.91 Å². The highest BCUT2D eigenvalue weighted by molar-refractivity contribution is 5.79.